The van der Waals surface area contributed by atoms with Crippen LogP contribution in [0.25, 0.3) is 0 Å². The molecule has 2 N–H and O–H groups in total. The van der Waals surface area contributed by atoms with Crippen molar-refractivity contribution in [1.82, 2.24) is 0 Å². The number of aliphatic hydroxyl groups excluding tert-OH is 1. The van der Waals surface area contributed by atoms with E-state index in [0.29, 0.717) is 0 Å². The summed E-state index contributed by atoms with van der Waals surface area (Å²) in [6.45, 7) is -0.457. The van der Waals surface area contributed by atoms with Crippen molar-refractivity contribution in [2.75, 3.05) is 6.61 Å². The Morgan fingerprint density at radius 2 is 2.38 bits per heavy atom. The maximum Gasteiger partial charge on any atom is 0.694 e. The summed E-state index contributed by atoms with van der Waals surface area (Å²) >= 11 is 0. The fraction of sp³-hybridized carbons (Fsp3) is 1.00. The average molecular weight is 135 g/mol. The minimum Gasteiger partial charge on any atom is -0.394 e. The molecule has 4 nitrogen and oxygen atoms in total. The van der Waals surface area contributed by atoms with E-state index in [1.807, 2.05) is 0 Å². The summed E-state index contributed by atoms with van der Waals surface area (Å²) in [4.78, 5) is 7.95. The molecule has 8 heavy (non-hydrogen) atoms. The predicted molar refractivity (Wildman–Crippen MR) is 27.5 cm³/mol. The standard InChI is InChI=1S/C2H4BO4P/c3-2(1-4)7-8(5)6/h2,4H,1H2/p+1. The molecule has 0 aromatic rings. The highest BCUT2D eigenvalue weighted by molar-refractivity contribution is 7.32. The molecule has 44 valence electrons. The number of aliphatic hydroxyl groups is 1. The Morgan fingerprint density at radius 1 is 1.88 bits per heavy atom. The topological polar surface area (TPSA) is 66.8 Å². The van der Waals surface area contributed by atoms with Crippen molar-refractivity contribution in [3.8, 4) is 0 Å². The van der Waals surface area contributed by atoms with Crippen LogP contribution >= 0.6 is 8.25 Å². The van der Waals surface area contributed by atoms with E-state index in [2.05, 4.69) is 4.52 Å². The van der Waals surface area contributed by atoms with Crippen LogP contribution in [-0.4, -0.2) is 30.5 Å². The van der Waals surface area contributed by atoms with Crippen molar-refractivity contribution >= 4 is 16.1 Å². The van der Waals surface area contributed by atoms with Gasteiger partial charge in [0.05, 0.1) is 12.6 Å². The summed E-state index contributed by atoms with van der Waals surface area (Å²) in [5.41, 5.74) is 0. The van der Waals surface area contributed by atoms with Crippen molar-refractivity contribution < 1.29 is 19.1 Å². The van der Waals surface area contributed by atoms with E-state index in [1.54, 1.807) is 0 Å². The zero-order valence-electron chi connectivity index (χ0n) is 4.02. The molecule has 0 aliphatic carbocycles. The quantitative estimate of drug-likeness (QED) is 0.390. The molecule has 0 spiro atoms. The summed E-state index contributed by atoms with van der Waals surface area (Å²) < 4.78 is 13.7. The second kappa shape index (κ2) is 3.98. The fourth-order valence-corrected chi connectivity index (χ4v) is 0.447. The molecule has 0 amide bonds. The van der Waals surface area contributed by atoms with Gasteiger partial charge in [-0.2, -0.15) is 0 Å². The maximum absolute atomic E-state index is 9.70. The first-order valence-electron chi connectivity index (χ1n) is 1.86. The van der Waals surface area contributed by atoms with E-state index in [1.165, 1.54) is 0 Å². The minimum absolute atomic E-state index is 0.457. The van der Waals surface area contributed by atoms with Crippen LogP contribution in [0, 0.1) is 0 Å². The van der Waals surface area contributed by atoms with Gasteiger partial charge in [0.25, 0.3) is 0 Å². The third-order valence-electron chi connectivity index (χ3n) is 0.406. The Balaban J connectivity index is 3.24. The predicted octanol–water partition coefficient (Wildman–Crippen LogP) is -0.860. The molecule has 0 fully saturated rings. The molecule has 0 heterocycles. The largest absolute Gasteiger partial charge is 0.694 e. The van der Waals surface area contributed by atoms with Crippen molar-refractivity contribution in [2.45, 2.75) is 6.00 Å². The van der Waals surface area contributed by atoms with Gasteiger partial charge in [0, 0.05) is 4.57 Å². The lowest BCUT2D eigenvalue weighted by molar-refractivity contribution is 0.165. The van der Waals surface area contributed by atoms with Crippen LogP contribution in [0.2, 0.25) is 0 Å². The molecule has 0 aromatic heterocycles. The SMILES string of the molecule is [B]C(CO)O[P+](=O)O. The van der Waals surface area contributed by atoms with Gasteiger partial charge in [0.1, 0.15) is 7.85 Å². The van der Waals surface area contributed by atoms with Crippen LogP contribution in [0.5, 0.6) is 0 Å². The highest BCUT2D eigenvalue weighted by atomic mass is 31.1. The van der Waals surface area contributed by atoms with Gasteiger partial charge in [-0.05, 0) is 0 Å². The zero-order valence-corrected chi connectivity index (χ0v) is 4.91. The zero-order chi connectivity index (χ0) is 6.57. The van der Waals surface area contributed by atoms with E-state index in [4.69, 9.17) is 17.8 Å². The molecule has 2 radical (unpaired) electrons. The van der Waals surface area contributed by atoms with Crippen LogP contribution in [0.4, 0.5) is 0 Å². The highest BCUT2D eigenvalue weighted by Crippen LogP contribution is 2.15. The number of rotatable bonds is 3. The monoisotopic (exact) mass is 135 g/mol. The molecule has 0 rings (SSSR count). The summed E-state index contributed by atoms with van der Waals surface area (Å²) in [6, 6.07) is -1.05. The lowest BCUT2D eigenvalue weighted by Gasteiger charge is -1.93. The van der Waals surface area contributed by atoms with Gasteiger partial charge < -0.3 is 5.11 Å². The number of hydrogen-bond acceptors (Lipinski definition) is 3. The Labute approximate surface area is 48.8 Å². The lowest BCUT2D eigenvalue weighted by Crippen LogP contribution is -2.13. The van der Waals surface area contributed by atoms with E-state index >= 15 is 0 Å². The molecule has 0 bridgehead atoms. The van der Waals surface area contributed by atoms with Crippen molar-refractivity contribution in [1.29, 1.82) is 0 Å². The van der Waals surface area contributed by atoms with Gasteiger partial charge in [-0.15, -0.1) is 9.42 Å². The second-order valence-corrected chi connectivity index (χ2v) is 1.75. The van der Waals surface area contributed by atoms with E-state index in [0.717, 1.165) is 0 Å². The summed E-state index contributed by atoms with van der Waals surface area (Å²) in [5, 5.41) is 8.09. The first-order valence-corrected chi connectivity index (χ1v) is 2.99. The summed E-state index contributed by atoms with van der Waals surface area (Å²) in [6.07, 6.45) is 0. The smallest absolute Gasteiger partial charge is 0.394 e. The highest BCUT2D eigenvalue weighted by Gasteiger charge is 2.16. The average Bonchev–Trinajstić information content (AvgIpc) is 1.65. The van der Waals surface area contributed by atoms with E-state index in [9.17, 15) is 4.57 Å². The molecule has 0 aliphatic rings. The normalized spacial score (nSPS) is 15.5. The molecule has 0 saturated heterocycles. The van der Waals surface area contributed by atoms with Gasteiger partial charge >= 0.3 is 8.25 Å². The number of hydrogen-bond donors (Lipinski definition) is 2. The maximum atomic E-state index is 9.70. The minimum atomic E-state index is -2.68. The van der Waals surface area contributed by atoms with Crippen LogP contribution in [0.3, 0.4) is 0 Å². The second-order valence-electron chi connectivity index (χ2n) is 1.06. The lowest BCUT2D eigenvalue weighted by atomic mass is 10.0. The third kappa shape index (κ3) is 4.21. The van der Waals surface area contributed by atoms with Crippen LogP contribution < -0.4 is 0 Å². The molecule has 2 atom stereocenters. The Morgan fingerprint density at radius 3 is 2.50 bits per heavy atom. The van der Waals surface area contributed by atoms with Crippen molar-refractivity contribution in [3.63, 3.8) is 0 Å². The molecule has 0 aromatic carbocycles. The van der Waals surface area contributed by atoms with Crippen LogP contribution in [0.15, 0.2) is 0 Å². The summed E-state index contributed by atoms with van der Waals surface area (Å²) in [7, 11) is 2.18. The first-order chi connectivity index (χ1) is 3.66. The Hall–Kier alpha value is 0.0449. The van der Waals surface area contributed by atoms with Gasteiger partial charge in [-0.3, -0.25) is 0 Å². The van der Waals surface area contributed by atoms with Crippen LogP contribution in [-0.2, 0) is 9.09 Å². The summed E-state index contributed by atoms with van der Waals surface area (Å²) in [5.74, 6) is 0. The van der Waals surface area contributed by atoms with Crippen molar-refractivity contribution in [3.05, 3.63) is 0 Å². The molecule has 0 aliphatic heterocycles. The van der Waals surface area contributed by atoms with Gasteiger partial charge in [-0.25, -0.2) is 0 Å². The van der Waals surface area contributed by atoms with Crippen LogP contribution in [0.1, 0.15) is 0 Å². The third-order valence-corrected chi connectivity index (χ3v) is 0.857. The van der Waals surface area contributed by atoms with E-state index in [-0.39, 0.29) is 0 Å². The Bertz CT molecular complexity index is 86.1. The van der Waals surface area contributed by atoms with Gasteiger partial charge in [0.15, 0.2) is 0 Å². The van der Waals surface area contributed by atoms with Crippen molar-refractivity contribution in [2.24, 2.45) is 0 Å². The molecule has 0 saturated carbocycles. The van der Waals surface area contributed by atoms with E-state index < -0.39 is 20.9 Å². The van der Waals surface area contributed by atoms with Gasteiger partial charge in [0.2, 0.25) is 0 Å². The molecular weight excluding hydrogens is 130 g/mol. The fourth-order valence-electron chi connectivity index (χ4n) is 0.149. The molecule has 2 unspecified atom stereocenters. The van der Waals surface area contributed by atoms with Gasteiger partial charge in [-0.1, -0.05) is 0 Å². The Kier molecular flexibility index (Phi) is 4.00. The molecular formula is C2H5BO4P+. The molecule has 6 heteroatoms. The first kappa shape index (κ1) is 8.04.